The van der Waals surface area contributed by atoms with Gasteiger partial charge in [-0.25, -0.2) is 4.39 Å². The smallest absolute Gasteiger partial charge is 0.249 e. The molecule has 0 atom stereocenters. The van der Waals surface area contributed by atoms with Crippen molar-refractivity contribution in [2.45, 2.75) is 33.9 Å². The molecule has 4 aromatic rings. The number of furan rings is 1. The molecule has 0 saturated carbocycles. The predicted molar refractivity (Wildman–Crippen MR) is 108 cm³/mol. The van der Waals surface area contributed by atoms with Crippen LogP contribution in [-0.2, 0) is 17.9 Å². The highest BCUT2D eigenvalue weighted by Gasteiger charge is 2.18. The van der Waals surface area contributed by atoms with Gasteiger partial charge in [-0.05, 0) is 63.2 Å². The van der Waals surface area contributed by atoms with Crippen LogP contribution in [0.3, 0.4) is 0 Å². The molecule has 0 aliphatic rings. The molecule has 30 heavy (non-hydrogen) atoms. The van der Waals surface area contributed by atoms with Gasteiger partial charge in [0.25, 0.3) is 0 Å². The third kappa shape index (κ3) is 4.03. The highest BCUT2D eigenvalue weighted by atomic mass is 19.1. The Bertz CT molecular complexity index is 1190. The summed E-state index contributed by atoms with van der Waals surface area (Å²) in [6, 6.07) is 11.5. The van der Waals surface area contributed by atoms with E-state index in [1.54, 1.807) is 12.1 Å². The van der Waals surface area contributed by atoms with Crippen molar-refractivity contribution in [3.05, 3.63) is 71.2 Å². The summed E-state index contributed by atoms with van der Waals surface area (Å²) in [6.07, 6.45) is 0. The van der Waals surface area contributed by atoms with Crippen molar-refractivity contribution in [1.29, 1.82) is 0 Å². The van der Waals surface area contributed by atoms with Gasteiger partial charge in [0.05, 0.1) is 12.1 Å². The lowest BCUT2D eigenvalue weighted by atomic mass is 10.2. The third-order valence-electron chi connectivity index (χ3n) is 4.88. The molecule has 0 aliphatic carbocycles. The first-order valence-electron chi connectivity index (χ1n) is 9.49. The van der Waals surface area contributed by atoms with Crippen molar-refractivity contribution in [1.82, 2.24) is 20.1 Å². The Balaban J connectivity index is 1.49. The van der Waals surface area contributed by atoms with E-state index in [-0.39, 0.29) is 18.3 Å². The molecule has 1 N–H and O–H groups in total. The molecule has 8 heteroatoms. The molecule has 0 aliphatic heterocycles. The zero-order valence-corrected chi connectivity index (χ0v) is 16.9. The largest absolute Gasteiger partial charge is 0.465 e. The van der Waals surface area contributed by atoms with Crippen molar-refractivity contribution >= 4 is 5.91 Å². The number of halogens is 1. The van der Waals surface area contributed by atoms with Gasteiger partial charge in [0.1, 0.15) is 23.9 Å². The van der Waals surface area contributed by atoms with Gasteiger partial charge in [0.15, 0.2) is 0 Å². The van der Waals surface area contributed by atoms with E-state index in [2.05, 4.69) is 15.5 Å². The Morgan fingerprint density at radius 1 is 1.03 bits per heavy atom. The second kappa shape index (κ2) is 7.98. The van der Waals surface area contributed by atoms with E-state index >= 15 is 0 Å². The number of aromatic nitrogens is 3. The minimum Gasteiger partial charge on any atom is -0.465 e. The fraction of sp³-hybridized carbons (Fsp3) is 0.227. The van der Waals surface area contributed by atoms with Crippen molar-refractivity contribution < 1.29 is 18.0 Å². The first kappa shape index (κ1) is 19.6. The lowest BCUT2D eigenvalue weighted by molar-refractivity contribution is -0.122. The van der Waals surface area contributed by atoms with Crippen LogP contribution < -0.4 is 5.32 Å². The average Bonchev–Trinajstić information content (AvgIpc) is 3.43. The van der Waals surface area contributed by atoms with Crippen molar-refractivity contribution in [3.63, 3.8) is 0 Å². The number of rotatable bonds is 6. The zero-order chi connectivity index (χ0) is 21.3. The number of hydrogen-bond donors (Lipinski definition) is 1. The maximum atomic E-state index is 13.1. The van der Waals surface area contributed by atoms with Crippen molar-refractivity contribution in [2.75, 3.05) is 0 Å². The summed E-state index contributed by atoms with van der Waals surface area (Å²) in [5.41, 5.74) is 3.12. The standard InChI is InChI=1S/C22H21FN4O3/c1-13-10-19(22-26-25-21(30-22)16-5-7-17(23)8-6-16)15(3)27(13)12-20(28)24-11-18-9-4-14(2)29-18/h4-10H,11-12H2,1-3H3,(H,24,28). The van der Waals surface area contributed by atoms with Gasteiger partial charge in [-0.3, -0.25) is 4.79 Å². The highest BCUT2D eigenvalue weighted by molar-refractivity contribution is 5.76. The third-order valence-corrected chi connectivity index (χ3v) is 4.88. The number of carbonyl (C=O) groups excluding carboxylic acids is 1. The Labute approximate surface area is 172 Å². The molecule has 0 radical (unpaired) electrons. The van der Waals surface area contributed by atoms with Gasteiger partial charge < -0.3 is 18.7 Å². The topological polar surface area (TPSA) is 86.1 Å². The summed E-state index contributed by atoms with van der Waals surface area (Å²) in [6.45, 7) is 6.17. The first-order valence-corrected chi connectivity index (χ1v) is 9.49. The molecule has 1 amide bonds. The molecular weight excluding hydrogens is 387 g/mol. The molecule has 0 fully saturated rings. The average molecular weight is 408 g/mol. The number of carbonyl (C=O) groups is 1. The quantitative estimate of drug-likeness (QED) is 0.517. The second-order valence-corrected chi connectivity index (χ2v) is 7.08. The minimum atomic E-state index is -0.331. The Kier molecular flexibility index (Phi) is 5.22. The second-order valence-electron chi connectivity index (χ2n) is 7.08. The van der Waals surface area contributed by atoms with E-state index < -0.39 is 0 Å². The number of nitrogens with zero attached hydrogens (tertiary/aromatic N) is 3. The van der Waals surface area contributed by atoms with Crippen LogP contribution in [0.15, 0.2) is 51.3 Å². The number of amides is 1. The van der Waals surface area contributed by atoms with Crippen LogP contribution in [0.25, 0.3) is 22.9 Å². The van der Waals surface area contributed by atoms with Crippen LogP contribution in [0.1, 0.15) is 22.9 Å². The number of nitrogens with one attached hydrogen (secondary N) is 1. The van der Waals surface area contributed by atoms with Gasteiger partial charge >= 0.3 is 0 Å². The molecule has 0 unspecified atom stereocenters. The van der Waals surface area contributed by atoms with Gasteiger partial charge in [0.2, 0.25) is 17.7 Å². The van der Waals surface area contributed by atoms with Gasteiger partial charge in [-0.2, -0.15) is 0 Å². The maximum absolute atomic E-state index is 13.1. The van der Waals surface area contributed by atoms with Crippen LogP contribution in [0, 0.1) is 26.6 Å². The number of hydrogen-bond acceptors (Lipinski definition) is 5. The molecule has 0 spiro atoms. The molecule has 154 valence electrons. The summed E-state index contributed by atoms with van der Waals surface area (Å²) in [4.78, 5) is 12.4. The summed E-state index contributed by atoms with van der Waals surface area (Å²) in [5, 5.41) is 11.0. The molecule has 3 aromatic heterocycles. The number of benzene rings is 1. The number of aryl methyl sites for hydroxylation is 2. The summed E-state index contributed by atoms with van der Waals surface area (Å²) < 4.78 is 26.3. The fourth-order valence-corrected chi connectivity index (χ4v) is 3.27. The fourth-order valence-electron chi connectivity index (χ4n) is 3.27. The SMILES string of the molecule is Cc1ccc(CNC(=O)Cn2c(C)cc(-c3nnc(-c4ccc(F)cc4)o3)c2C)o1. The van der Waals surface area contributed by atoms with Crippen LogP contribution in [0.5, 0.6) is 0 Å². The van der Waals surface area contributed by atoms with Gasteiger partial charge in [-0.15, -0.1) is 10.2 Å². The molecule has 4 rings (SSSR count). The van der Waals surface area contributed by atoms with Crippen LogP contribution in [-0.4, -0.2) is 20.7 Å². The molecule has 3 heterocycles. The van der Waals surface area contributed by atoms with E-state index in [9.17, 15) is 9.18 Å². The molecule has 0 bridgehead atoms. The van der Waals surface area contributed by atoms with Gasteiger partial charge in [0, 0.05) is 17.0 Å². The lowest BCUT2D eigenvalue weighted by Crippen LogP contribution is -2.27. The molecular formula is C22H21FN4O3. The Morgan fingerprint density at radius 3 is 2.47 bits per heavy atom. The zero-order valence-electron chi connectivity index (χ0n) is 16.9. The summed E-state index contributed by atoms with van der Waals surface area (Å²) >= 11 is 0. The monoisotopic (exact) mass is 408 g/mol. The minimum absolute atomic E-state index is 0.130. The lowest BCUT2D eigenvalue weighted by Gasteiger charge is -2.09. The van der Waals surface area contributed by atoms with Crippen molar-refractivity contribution in [3.8, 4) is 22.9 Å². The summed E-state index contributed by atoms with van der Waals surface area (Å²) in [5.74, 6) is 1.71. The van der Waals surface area contributed by atoms with Crippen LogP contribution >= 0.6 is 0 Å². The Hall–Kier alpha value is -3.68. The molecule has 0 saturated heterocycles. The maximum Gasteiger partial charge on any atom is 0.249 e. The highest BCUT2D eigenvalue weighted by Crippen LogP contribution is 2.28. The van der Waals surface area contributed by atoms with E-state index in [1.807, 2.05) is 43.5 Å². The van der Waals surface area contributed by atoms with E-state index in [4.69, 9.17) is 8.83 Å². The molecule has 1 aromatic carbocycles. The first-order chi connectivity index (χ1) is 14.4. The van der Waals surface area contributed by atoms with Crippen molar-refractivity contribution in [2.24, 2.45) is 0 Å². The predicted octanol–water partition coefficient (Wildman–Crippen LogP) is 4.18. The van der Waals surface area contributed by atoms with E-state index in [0.717, 1.165) is 22.7 Å². The van der Waals surface area contributed by atoms with Crippen LogP contribution in [0.2, 0.25) is 0 Å². The Morgan fingerprint density at radius 2 is 1.77 bits per heavy atom. The van der Waals surface area contributed by atoms with Gasteiger partial charge in [-0.1, -0.05) is 0 Å². The van der Waals surface area contributed by atoms with E-state index in [1.165, 1.54) is 12.1 Å². The van der Waals surface area contributed by atoms with E-state index in [0.29, 0.717) is 29.6 Å². The molecule has 7 nitrogen and oxygen atoms in total. The van der Waals surface area contributed by atoms with Crippen LogP contribution in [0.4, 0.5) is 4.39 Å². The normalized spacial score (nSPS) is 11.1. The summed E-state index contributed by atoms with van der Waals surface area (Å²) in [7, 11) is 0.